The van der Waals surface area contributed by atoms with Crippen molar-refractivity contribution in [3.05, 3.63) is 23.6 Å². The predicted molar refractivity (Wildman–Crippen MR) is 93.7 cm³/mol. The van der Waals surface area contributed by atoms with E-state index in [9.17, 15) is 0 Å². The predicted octanol–water partition coefficient (Wildman–Crippen LogP) is 4.52. The van der Waals surface area contributed by atoms with Crippen molar-refractivity contribution in [2.24, 2.45) is 0 Å². The normalized spacial score (nSPS) is 10.8. The van der Waals surface area contributed by atoms with Gasteiger partial charge in [-0.2, -0.15) is 0 Å². The Morgan fingerprint density at radius 2 is 2.16 bits per heavy atom. The molecule has 0 aliphatic heterocycles. The molecule has 0 radical (unpaired) electrons. The van der Waals surface area contributed by atoms with Gasteiger partial charge in [-0.15, -0.1) is 11.3 Å². The molecule has 0 saturated heterocycles. The maximum Gasteiger partial charge on any atom is 0.172 e. The minimum absolute atomic E-state index is 0.468. The van der Waals surface area contributed by atoms with E-state index < -0.39 is 0 Å². The van der Waals surface area contributed by atoms with Crippen LogP contribution in [-0.2, 0) is 11.3 Å². The Balaban J connectivity index is 2.54. The average Bonchev–Trinajstić information content (AvgIpc) is 2.72. The number of rotatable bonds is 4. The van der Waals surface area contributed by atoms with E-state index in [-0.39, 0.29) is 0 Å². The zero-order valence-corrected chi connectivity index (χ0v) is 16.3. The summed E-state index contributed by atoms with van der Waals surface area (Å²) in [7, 11) is 3.51. The van der Waals surface area contributed by atoms with Gasteiger partial charge in [-0.3, -0.25) is 0 Å². The highest BCUT2D eigenvalue weighted by Crippen LogP contribution is 2.37. The van der Waals surface area contributed by atoms with Gasteiger partial charge in [-0.1, -0.05) is 0 Å². The van der Waals surface area contributed by atoms with Crippen molar-refractivity contribution in [1.29, 1.82) is 0 Å². The molecular weight excluding hydrogens is 509 g/mol. The molecule has 4 nitrogen and oxygen atoms in total. The number of halogens is 3. The first kappa shape index (κ1) is 15.6. The zero-order chi connectivity index (χ0) is 14.0. The standard InChI is InChI=1S/C11H10Br2IN3OS/c1-15-11-8(14)6(4-18-2)16-10(17-11)7-3-5(12)9(13)19-7/h3H,4H2,1-2H3,(H,15,16,17). The molecule has 0 amide bonds. The topological polar surface area (TPSA) is 47.0 Å². The number of hydrogen-bond donors (Lipinski definition) is 1. The van der Waals surface area contributed by atoms with Crippen molar-refractivity contribution in [2.75, 3.05) is 19.5 Å². The lowest BCUT2D eigenvalue weighted by Gasteiger charge is -2.09. The van der Waals surface area contributed by atoms with E-state index in [1.165, 1.54) is 0 Å². The van der Waals surface area contributed by atoms with Gasteiger partial charge in [-0.25, -0.2) is 9.97 Å². The van der Waals surface area contributed by atoms with Gasteiger partial charge in [0, 0.05) is 18.6 Å². The minimum Gasteiger partial charge on any atom is -0.378 e. The van der Waals surface area contributed by atoms with Crippen LogP contribution in [0.2, 0.25) is 0 Å². The van der Waals surface area contributed by atoms with Gasteiger partial charge in [0.1, 0.15) is 5.82 Å². The van der Waals surface area contributed by atoms with Crippen LogP contribution in [0.25, 0.3) is 10.7 Å². The highest BCUT2D eigenvalue weighted by Gasteiger charge is 2.15. The molecule has 0 saturated carbocycles. The van der Waals surface area contributed by atoms with Crippen LogP contribution >= 0.6 is 65.8 Å². The van der Waals surface area contributed by atoms with Crippen LogP contribution in [0.15, 0.2) is 14.3 Å². The van der Waals surface area contributed by atoms with Crippen molar-refractivity contribution >= 4 is 71.6 Å². The second-order valence-corrected chi connectivity index (χ2v) is 7.87. The Bertz CT molecular complexity index is 586. The fourth-order valence-corrected chi connectivity index (χ4v) is 4.09. The highest BCUT2D eigenvalue weighted by molar-refractivity contribution is 14.1. The van der Waals surface area contributed by atoms with E-state index in [0.717, 1.165) is 28.2 Å². The van der Waals surface area contributed by atoms with E-state index >= 15 is 0 Å². The molecule has 0 fully saturated rings. The Labute approximate surface area is 145 Å². The fraction of sp³-hybridized carbons (Fsp3) is 0.273. The maximum absolute atomic E-state index is 5.19. The summed E-state index contributed by atoms with van der Waals surface area (Å²) in [6, 6.07) is 2.01. The van der Waals surface area contributed by atoms with Crippen LogP contribution in [0.4, 0.5) is 5.82 Å². The molecule has 2 aromatic rings. The smallest absolute Gasteiger partial charge is 0.172 e. The SMILES string of the molecule is CNc1nc(-c2cc(Br)c(Br)s2)nc(COC)c1I. The van der Waals surface area contributed by atoms with Gasteiger partial charge >= 0.3 is 0 Å². The number of thiophene rings is 1. The molecule has 8 heteroatoms. The van der Waals surface area contributed by atoms with Crippen LogP contribution in [-0.4, -0.2) is 24.1 Å². The quantitative estimate of drug-likeness (QED) is 0.605. The Morgan fingerprint density at radius 1 is 1.42 bits per heavy atom. The third-order valence-electron chi connectivity index (χ3n) is 2.30. The second kappa shape index (κ2) is 6.79. The van der Waals surface area contributed by atoms with Crippen LogP contribution in [0.3, 0.4) is 0 Å². The van der Waals surface area contributed by atoms with Crippen LogP contribution < -0.4 is 5.32 Å². The molecule has 2 heterocycles. The third kappa shape index (κ3) is 3.46. The van der Waals surface area contributed by atoms with Gasteiger partial charge in [0.05, 0.1) is 24.5 Å². The Kier molecular flexibility index (Phi) is 5.58. The summed E-state index contributed by atoms with van der Waals surface area (Å²) >= 11 is 10.8. The maximum atomic E-state index is 5.19. The monoisotopic (exact) mass is 517 g/mol. The first-order valence-electron chi connectivity index (χ1n) is 5.25. The lowest BCUT2D eigenvalue weighted by Crippen LogP contribution is -2.05. The molecule has 102 valence electrons. The number of hydrogen-bond acceptors (Lipinski definition) is 5. The van der Waals surface area contributed by atoms with Crippen LogP contribution in [0, 0.1) is 3.57 Å². The number of nitrogens with one attached hydrogen (secondary N) is 1. The Hall–Kier alpha value is 0.230. The number of nitrogens with zero attached hydrogens (tertiary/aromatic N) is 2. The van der Waals surface area contributed by atoms with Gasteiger partial charge in [-0.05, 0) is 60.5 Å². The van der Waals surface area contributed by atoms with Crippen molar-refractivity contribution in [3.8, 4) is 10.7 Å². The number of methoxy groups -OCH3 is 1. The third-order valence-corrected chi connectivity index (χ3v) is 6.69. The van der Waals surface area contributed by atoms with Crippen LogP contribution in [0.1, 0.15) is 5.69 Å². The zero-order valence-electron chi connectivity index (χ0n) is 10.1. The van der Waals surface area contributed by atoms with E-state index in [0.29, 0.717) is 12.4 Å². The van der Waals surface area contributed by atoms with Crippen molar-refractivity contribution in [3.63, 3.8) is 0 Å². The van der Waals surface area contributed by atoms with Crippen LogP contribution in [0.5, 0.6) is 0 Å². The fourth-order valence-electron chi connectivity index (χ4n) is 1.46. The van der Waals surface area contributed by atoms with Gasteiger partial charge < -0.3 is 10.1 Å². The lowest BCUT2D eigenvalue weighted by molar-refractivity contribution is 0.181. The largest absolute Gasteiger partial charge is 0.378 e. The molecule has 2 rings (SSSR count). The molecule has 0 aliphatic carbocycles. The highest BCUT2D eigenvalue weighted by atomic mass is 127. The summed E-state index contributed by atoms with van der Waals surface area (Å²) in [5, 5.41) is 3.09. The Morgan fingerprint density at radius 3 is 2.68 bits per heavy atom. The average molecular weight is 519 g/mol. The summed E-state index contributed by atoms with van der Waals surface area (Å²) in [6.45, 7) is 0.468. The lowest BCUT2D eigenvalue weighted by atomic mass is 10.3. The molecule has 0 bridgehead atoms. The number of ether oxygens (including phenoxy) is 1. The first-order chi connectivity index (χ1) is 9.06. The molecule has 0 aromatic carbocycles. The van der Waals surface area contributed by atoms with Crippen molar-refractivity contribution in [1.82, 2.24) is 9.97 Å². The number of anilines is 1. The molecule has 2 aromatic heterocycles. The molecule has 0 spiro atoms. The second-order valence-electron chi connectivity index (χ2n) is 3.57. The van der Waals surface area contributed by atoms with Crippen molar-refractivity contribution in [2.45, 2.75) is 6.61 Å². The molecule has 0 unspecified atom stereocenters. The molecular formula is C11H10Br2IN3OS. The summed E-state index contributed by atoms with van der Waals surface area (Å²) < 4.78 is 8.22. The van der Waals surface area contributed by atoms with E-state index in [4.69, 9.17) is 4.74 Å². The van der Waals surface area contributed by atoms with Gasteiger partial charge in [0.2, 0.25) is 0 Å². The van der Waals surface area contributed by atoms with E-state index in [1.807, 2.05) is 13.1 Å². The summed E-state index contributed by atoms with van der Waals surface area (Å²) in [4.78, 5) is 10.1. The van der Waals surface area contributed by atoms with Gasteiger partial charge in [0.25, 0.3) is 0 Å². The molecule has 1 N–H and O–H groups in total. The molecule has 0 aliphatic rings. The first-order valence-corrected chi connectivity index (χ1v) is 8.73. The summed E-state index contributed by atoms with van der Waals surface area (Å²) in [5.41, 5.74) is 0.887. The summed E-state index contributed by atoms with van der Waals surface area (Å²) in [6.07, 6.45) is 0. The molecule has 19 heavy (non-hydrogen) atoms. The van der Waals surface area contributed by atoms with Crippen molar-refractivity contribution < 1.29 is 4.74 Å². The number of aromatic nitrogens is 2. The molecule has 0 atom stereocenters. The summed E-state index contributed by atoms with van der Waals surface area (Å²) in [5.74, 6) is 1.52. The van der Waals surface area contributed by atoms with E-state index in [1.54, 1.807) is 18.4 Å². The van der Waals surface area contributed by atoms with Gasteiger partial charge in [0.15, 0.2) is 5.82 Å². The minimum atomic E-state index is 0.468. The van der Waals surface area contributed by atoms with E-state index in [2.05, 4.69) is 69.7 Å².